The molecule has 6 atom stereocenters. The van der Waals surface area contributed by atoms with Crippen LogP contribution in [0.4, 0.5) is 23.1 Å². The van der Waals surface area contributed by atoms with E-state index in [0.717, 1.165) is 19.3 Å². The van der Waals surface area contributed by atoms with Gasteiger partial charge in [0.15, 0.2) is 0 Å². The summed E-state index contributed by atoms with van der Waals surface area (Å²) in [5.41, 5.74) is 5.28. The quantitative estimate of drug-likeness (QED) is 0.717. The van der Waals surface area contributed by atoms with E-state index >= 15 is 0 Å². The molecule has 1 saturated heterocycles. The molecule has 31 heavy (non-hydrogen) atoms. The molecule has 3 N–H and O–H groups in total. The van der Waals surface area contributed by atoms with E-state index in [1.54, 1.807) is 4.90 Å². The highest BCUT2D eigenvalue weighted by atomic mass is 32.1. The summed E-state index contributed by atoms with van der Waals surface area (Å²) >= 11 is 0.451. The molecule has 2 heterocycles. The number of ether oxygens (including phenoxy) is 1. The minimum atomic E-state index is -4.52. The summed E-state index contributed by atoms with van der Waals surface area (Å²) in [5.74, 6) is 0.590. The summed E-state index contributed by atoms with van der Waals surface area (Å²) in [6.07, 6.45) is -0.360. The second-order valence-electron chi connectivity index (χ2n) is 9.45. The van der Waals surface area contributed by atoms with Crippen molar-refractivity contribution >= 4 is 28.5 Å². The van der Waals surface area contributed by atoms with Crippen LogP contribution < -0.4 is 11.1 Å². The molecule has 2 amide bonds. The largest absolute Gasteiger partial charge is 0.446 e. The molecule has 3 unspecified atom stereocenters. The number of hydrogen-bond donors (Lipinski definition) is 2. The van der Waals surface area contributed by atoms with Gasteiger partial charge in [0.05, 0.1) is 5.41 Å². The van der Waals surface area contributed by atoms with E-state index in [9.17, 15) is 22.8 Å². The van der Waals surface area contributed by atoms with Crippen molar-refractivity contribution in [3.8, 4) is 0 Å². The number of carbonyl (C=O) groups is 2. The number of nitrogens with zero attached hydrogens (tertiary/aromatic N) is 3. The number of primary amides is 1. The maximum atomic E-state index is 12.8. The Kier molecular flexibility index (Phi) is 4.83. The summed E-state index contributed by atoms with van der Waals surface area (Å²) in [4.78, 5) is 26.4. The van der Waals surface area contributed by atoms with Gasteiger partial charge in [0.2, 0.25) is 16.0 Å². The average molecular weight is 459 g/mol. The van der Waals surface area contributed by atoms with Crippen LogP contribution in [0.3, 0.4) is 0 Å². The van der Waals surface area contributed by atoms with Crippen LogP contribution in [0.1, 0.15) is 43.5 Å². The van der Waals surface area contributed by atoms with E-state index in [4.69, 9.17) is 10.5 Å². The van der Waals surface area contributed by atoms with Gasteiger partial charge in [-0.25, -0.2) is 4.79 Å². The Bertz CT molecular complexity index is 877. The molecular weight excluding hydrogens is 435 g/mol. The lowest BCUT2D eigenvalue weighted by molar-refractivity contribution is -0.161. The number of rotatable bonds is 4. The Morgan fingerprint density at radius 2 is 1.90 bits per heavy atom. The molecule has 8 nitrogen and oxygen atoms in total. The first-order valence-corrected chi connectivity index (χ1v) is 11.4. The average Bonchev–Trinajstić information content (AvgIpc) is 3.34. The molecule has 0 spiro atoms. The lowest BCUT2D eigenvalue weighted by Gasteiger charge is -2.58. The number of alkyl halides is 3. The van der Waals surface area contributed by atoms with Gasteiger partial charge < -0.3 is 20.7 Å². The van der Waals surface area contributed by atoms with Crippen LogP contribution in [0.2, 0.25) is 0 Å². The Morgan fingerprint density at radius 1 is 1.19 bits per heavy atom. The van der Waals surface area contributed by atoms with Crippen LogP contribution in [-0.4, -0.2) is 52.3 Å². The van der Waals surface area contributed by atoms with Crippen molar-refractivity contribution in [1.82, 2.24) is 15.1 Å². The number of likely N-dealkylation sites (tertiary alicyclic amines) is 1. The van der Waals surface area contributed by atoms with E-state index < -0.39 is 22.7 Å². The summed E-state index contributed by atoms with van der Waals surface area (Å²) in [6.45, 7) is 0.785. The third-order valence-corrected chi connectivity index (χ3v) is 8.29. The van der Waals surface area contributed by atoms with Crippen molar-refractivity contribution in [3.05, 3.63) is 5.01 Å². The number of hydrogen-bond acceptors (Lipinski definition) is 7. The molecule has 6 rings (SSSR count). The fourth-order valence-electron chi connectivity index (χ4n) is 6.28. The minimum absolute atomic E-state index is 0.0883. The van der Waals surface area contributed by atoms with Crippen LogP contribution >= 0.6 is 11.3 Å². The number of carbonyl (C=O) groups excluding carboxylic acids is 2. The number of aromatic nitrogens is 2. The first-order chi connectivity index (χ1) is 14.6. The third kappa shape index (κ3) is 3.72. The summed E-state index contributed by atoms with van der Waals surface area (Å²) in [6, 6.07) is -0.210. The molecule has 0 radical (unpaired) electrons. The zero-order valence-corrected chi connectivity index (χ0v) is 17.5. The SMILES string of the molecule is NC(=O)[C@]12CC3CC(C1)C(OC(=O)N1CC[C@@H](Nc4nnc(C(F)(F)F)s4)C1)[C@@H](C3)C2. The molecule has 4 bridgehead atoms. The van der Waals surface area contributed by atoms with Gasteiger partial charge in [0, 0.05) is 19.1 Å². The highest BCUT2D eigenvalue weighted by Crippen LogP contribution is 2.60. The van der Waals surface area contributed by atoms with E-state index in [2.05, 4.69) is 15.5 Å². The molecule has 0 aromatic carbocycles. The van der Waals surface area contributed by atoms with E-state index in [-0.39, 0.29) is 35.0 Å². The van der Waals surface area contributed by atoms with Crippen LogP contribution in [0.25, 0.3) is 0 Å². The monoisotopic (exact) mass is 459 g/mol. The highest BCUT2D eigenvalue weighted by molar-refractivity contribution is 7.15. The van der Waals surface area contributed by atoms with Gasteiger partial charge in [-0.3, -0.25) is 4.79 Å². The van der Waals surface area contributed by atoms with E-state index in [1.807, 2.05) is 0 Å². The zero-order valence-electron chi connectivity index (χ0n) is 16.7. The number of anilines is 1. The second-order valence-corrected chi connectivity index (χ2v) is 10.4. The molecule has 4 saturated carbocycles. The van der Waals surface area contributed by atoms with Gasteiger partial charge in [0.25, 0.3) is 0 Å². The van der Waals surface area contributed by atoms with Crippen molar-refractivity contribution in [2.24, 2.45) is 28.9 Å². The topological polar surface area (TPSA) is 110 Å². The van der Waals surface area contributed by atoms with Crippen molar-refractivity contribution in [2.75, 3.05) is 18.4 Å². The van der Waals surface area contributed by atoms with Gasteiger partial charge in [-0.2, -0.15) is 13.2 Å². The molecule has 5 aliphatic rings. The smallest absolute Gasteiger partial charge is 0.445 e. The van der Waals surface area contributed by atoms with Crippen LogP contribution in [0, 0.1) is 23.2 Å². The highest BCUT2D eigenvalue weighted by Gasteiger charge is 2.59. The second kappa shape index (κ2) is 7.21. The fraction of sp³-hybridized carbons (Fsp3) is 0.789. The molecule has 1 aromatic rings. The molecule has 5 fully saturated rings. The molecule has 1 aliphatic heterocycles. The number of nitrogens with one attached hydrogen (secondary N) is 1. The summed E-state index contributed by atoms with van der Waals surface area (Å²) in [7, 11) is 0. The van der Waals surface area contributed by atoms with Gasteiger partial charge in [-0.15, -0.1) is 10.2 Å². The van der Waals surface area contributed by atoms with Crippen molar-refractivity contribution in [3.63, 3.8) is 0 Å². The molecule has 170 valence electrons. The van der Waals surface area contributed by atoms with E-state index in [0.29, 0.717) is 49.6 Å². The lowest BCUT2D eigenvalue weighted by Crippen LogP contribution is -2.59. The van der Waals surface area contributed by atoms with E-state index in [1.165, 1.54) is 0 Å². The Hall–Kier alpha value is -2.11. The zero-order chi connectivity index (χ0) is 22.0. The Balaban J connectivity index is 1.17. The van der Waals surface area contributed by atoms with Gasteiger partial charge in [-0.05, 0) is 56.3 Å². The maximum absolute atomic E-state index is 12.8. The minimum Gasteiger partial charge on any atom is -0.446 e. The van der Waals surface area contributed by atoms with Crippen molar-refractivity contribution in [1.29, 1.82) is 0 Å². The summed E-state index contributed by atoms with van der Waals surface area (Å²) < 4.78 is 44.0. The van der Waals surface area contributed by atoms with Crippen LogP contribution in [0.15, 0.2) is 0 Å². The third-order valence-electron chi connectivity index (χ3n) is 7.39. The molecular formula is C19H24F3N5O3S. The van der Waals surface area contributed by atoms with Crippen LogP contribution in [-0.2, 0) is 15.7 Å². The Morgan fingerprint density at radius 3 is 2.52 bits per heavy atom. The number of amides is 2. The number of halogens is 3. The predicted molar refractivity (Wildman–Crippen MR) is 104 cm³/mol. The maximum Gasteiger partial charge on any atom is 0.445 e. The van der Waals surface area contributed by atoms with Crippen LogP contribution in [0.5, 0.6) is 0 Å². The van der Waals surface area contributed by atoms with Crippen molar-refractivity contribution in [2.45, 2.75) is 56.8 Å². The first kappa shape index (κ1) is 20.8. The predicted octanol–water partition coefficient (Wildman–Crippen LogP) is 2.86. The van der Waals surface area contributed by atoms with Crippen molar-refractivity contribution < 1.29 is 27.5 Å². The summed E-state index contributed by atoms with van der Waals surface area (Å²) in [5, 5.41) is 8.73. The fourth-order valence-corrected chi connectivity index (χ4v) is 6.97. The van der Waals surface area contributed by atoms with Gasteiger partial charge >= 0.3 is 12.3 Å². The van der Waals surface area contributed by atoms with Gasteiger partial charge in [0.1, 0.15) is 6.10 Å². The van der Waals surface area contributed by atoms with Gasteiger partial charge in [-0.1, -0.05) is 11.3 Å². The normalized spacial score (nSPS) is 36.6. The first-order valence-electron chi connectivity index (χ1n) is 10.6. The molecule has 4 aliphatic carbocycles. The molecule has 12 heteroatoms. The lowest BCUT2D eigenvalue weighted by atomic mass is 9.48. The standard InChI is InChI=1S/C19H24F3N5O3S/c20-19(21,22)15-25-26-16(31-15)24-12-1-2-27(8-12)17(29)30-13-10-3-9-4-11(13)7-18(5-9,6-10)14(23)28/h9-13H,1-8H2,(H2,23,28)(H,24,26)/t9?,10-,11?,12+,13?,18-/m0/s1. The Labute approximate surface area is 180 Å². The molecule has 1 aromatic heterocycles. The number of nitrogens with two attached hydrogens (primary N) is 1.